The number of amides is 1. The molecule has 1 amide bonds. The number of hydrogen-bond acceptors (Lipinski definition) is 6. The summed E-state index contributed by atoms with van der Waals surface area (Å²) in [5.41, 5.74) is 0.351. The largest absolute Gasteiger partial charge is 0.497 e. The number of sulfone groups is 1. The summed E-state index contributed by atoms with van der Waals surface area (Å²) in [5, 5.41) is 0. The van der Waals surface area contributed by atoms with Gasteiger partial charge >= 0.3 is 0 Å². The van der Waals surface area contributed by atoms with Crippen molar-refractivity contribution in [3.05, 3.63) is 53.1 Å². The fourth-order valence-corrected chi connectivity index (χ4v) is 5.28. The van der Waals surface area contributed by atoms with Gasteiger partial charge in [-0.15, -0.1) is 0 Å². The molecule has 2 aromatic carbocycles. The van der Waals surface area contributed by atoms with Crippen molar-refractivity contribution in [1.82, 2.24) is 4.57 Å². The summed E-state index contributed by atoms with van der Waals surface area (Å²) in [4.78, 5) is 16.9. The second-order valence-electron chi connectivity index (χ2n) is 6.57. The Bertz CT molecular complexity index is 1230. The molecule has 0 radical (unpaired) electrons. The van der Waals surface area contributed by atoms with E-state index >= 15 is 0 Å². The number of nitrogens with zero attached hydrogens (tertiary/aromatic N) is 2. The Morgan fingerprint density at radius 1 is 1.19 bits per heavy atom. The number of ether oxygens (including phenoxy) is 2. The van der Waals surface area contributed by atoms with Crippen molar-refractivity contribution in [2.45, 2.75) is 24.8 Å². The Balaban J connectivity index is 1.82. The zero-order valence-electron chi connectivity index (χ0n) is 17.2. The molecular formula is C21H23FN2O5S2. The molecule has 0 saturated carbocycles. The van der Waals surface area contributed by atoms with Gasteiger partial charge in [0.05, 0.1) is 34.6 Å². The van der Waals surface area contributed by atoms with Crippen LogP contribution in [0.2, 0.25) is 0 Å². The smallest absolute Gasteiger partial charge is 0.249 e. The van der Waals surface area contributed by atoms with Crippen LogP contribution in [0.25, 0.3) is 10.2 Å². The van der Waals surface area contributed by atoms with Gasteiger partial charge < -0.3 is 14.0 Å². The van der Waals surface area contributed by atoms with Gasteiger partial charge in [-0.2, -0.15) is 4.99 Å². The van der Waals surface area contributed by atoms with Gasteiger partial charge in [0, 0.05) is 19.6 Å². The standard InChI is InChI=1S/C21H23FN2O5S2/c1-3-29-13-12-24-20-17(22)5-4-6-18(20)30-21(24)23-19(25)11-14-31(26,27)16-9-7-15(28-2)8-10-16/h4-10H,3,11-14H2,1-2H3. The molecule has 166 valence electrons. The highest BCUT2D eigenvalue weighted by atomic mass is 32.2. The number of carbonyl (C=O) groups excluding carboxylic acids is 1. The van der Waals surface area contributed by atoms with Gasteiger partial charge in [-0.25, -0.2) is 12.8 Å². The van der Waals surface area contributed by atoms with Crippen LogP contribution in [0.5, 0.6) is 5.75 Å². The summed E-state index contributed by atoms with van der Waals surface area (Å²) in [6, 6.07) is 10.7. The third-order valence-corrected chi connectivity index (χ3v) is 7.31. The lowest BCUT2D eigenvalue weighted by atomic mass is 10.3. The predicted octanol–water partition coefficient (Wildman–Crippen LogP) is 3.18. The highest BCUT2D eigenvalue weighted by Gasteiger charge is 2.17. The first-order valence-electron chi connectivity index (χ1n) is 9.65. The zero-order chi connectivity index (χ0) is 22.4. The van der Waals surface area contributed by atoms with Gasteiger partial charge in [-0.1, -0.05) is 17.4 Å². The maximum Gasteiger partial charge on any atom is 0.249 e. The van der Waals surface area contributed by atoms with E-state index in [1.54, 1.807) is 28.8 Å². The van der Waals surface area contributed by atoms with Crippen molar-refractivity contribution in [2.75, 3.05) is 26.1 Å². The molecule has 0 unspecified atom stereocenters. The average molecular weight is 467 g/mol. The quantitative estimate of drug-likeness (QED) is 0.452. The number of halogens is 1. The van der Waals surface area contributed by atoms with Crippen molar-refractivity contribution in [1.29, 1.82) is 0 Å². The number of para-hydroxylation sites is 1. The van der Waals surface area contributed by atoms with E-state index in [9.17, 15) is 17.6 Å². The number of fused-ring (bicyclic) bond motifs is 1. The number of carbonyl (C=O) groups is 1. The first-order valence-corrected chi connectivity index (χ1v) is 12.1. The molecule has 0 N–H and O–H groups in total. The number of rotatable bonds is 9. The molecule has 0 aliphatic carbocycles. The maximum atomic E-state index is 14.4. The van der Waals surface area contributed by atoms with Crippen molar-refractivity contribution < 1.29 is 27.1 Å². The first kappa shape index (κ1) is 23.1. The van der Waals surface area contributed by atoms with Crippen LogP contribution in [0.15, 0.2) is 52.4 Å². The third kappa shape index (κ3) is 5.57. The summed E-state index contributed by atoms with van der Waals surface area (Å²) in [7, 11) is -2.16. The fourth-order valence-electron chi connectivity index (χ4n) is 2.96. The Morgan fingerprint density at radius 2 is 1.94 bits per heavy atom. The second-order valence-corrected chi connectivity index (χ2v) is 9.69. The van der Waals surface area contributed by atoms with Gasteiger partial charge in [-0.3, -0.25) is 4.79 Å². The predicted molar refractivity (Wildman–Crippen MR) is 116 cm³/mol. The van der Waals surface area contributed by atoms with Crippen molar-refractivity contribution >= 4 is 37.3 Å². The first-order chi connectivity index (χ1) is 14.9. The Hall–Kier alpha value is -2.56. The van der Waals surface area contributed by atoms with Gasteiger partial charge in [0.1, 0.15) is 11.6 Å². The van der Waals surface area contributed by atoms with Crippen LogP contribution in [0, 0.1) is 5.82 Å². The van der Waals surface area contributed by atoms with Crippen LogP contribution in [-0.4, -0.2) is 45.0 Å². The summed E-state index contributed by atoms with van der Waals surface area (Å²) in [6.07, 6.45) is -0.281. The van der Waals surface area contributed by atoms with E-state index in [0.717, 1.165) is 0 Å². The van der Waals surface area contributed by atoms with Crippen LogP contribution in [-0.2, 0) is 25.9 Å². The Labute approximate surface area is 183 Å². The number of hydrogen-bond donors (Lipinski definition) is 0. The third-order valence-electron chi connectivity index (χ3n) is 4.54. The van der Waals surface area contributed by atoms with E-state index in [1.165, 1.54) is 36.6 Å². The normalized spacial score (nSPS) is 12.4. The highest BCUT2D eigenvalue weighted by molar-refractivity contribution is 7.91. The molecule has 0 bridgehead atoms. The van der Waals surface area contributed by atoms with E-state index in [4.69, 9.17) is 9.47 Å². The van der Waals surface area contributed by atoms with Crippen molar-refractivity contribution in [3.8, 4) is 5.75 Å². The van der Waals surface area contributed by atoms with Gasteiger partial charge in [0.25, 0.3) is 0 Å². The second kappa shape index (κ2) is 10.2. The lowest BCUT2D eigenvalue weighted by Gasteiger charge is -2.06. The van der Waals surface area contributed by atoms with Crippen LogP contribution in [0.3, 0.4) is 0 Å². The molecule has 0 fully saturated rings. The number of benzene rings is 2. The summed E-state index contributed by atoms with van der Waals surface area (Å²) >= 11 is 1.17. The minimum absolute atomic E-state index is 0.108. The fraction of sp³-hybridized carbons (Fsp3) is 0.333. The maximum absolute atomic E-state index is 14.4. The molecule has 1 aromatic heterocycles. The molecule has 0 spiro atoms. The van der Waals surface area contributed by atoms with Crippen LogP contribution >= 0.6 is 11.3 Å². The molecule has 3 rings (SSSR count). The van der Waals surface area contributed by atoms with Crippen LogP contribution in [0.1, 0.15) is 13.3 Å². The van der Waals surface area contributed by atoms with Crippen LogP contribution < -0.4 is 9.54 Å². The van der Waals surface area contributed by atoms with E-state index < -0.39 is 21.6 Å². The minimum Gasteiger partial charge on any atom is -0.497 e. The Morgan fingerprint density at radius 3 is 2.61 bits per heavy atom. The molecule has 1 heterocycles. The van der Waals surface area contributed by atoms with E-state index in [1.807, 2.05) is 6.92 Å². The monoisotopic (exact) mass is 466 g/mol. The van der Waals surface area contributed by atoms with Crippen molar-refractivity contribution in [2.24, 2.45) is 4.99 Å². The topological polar surface area (TPSA) is 87.0 Å². The Kier molecular flexibility index (Phi) is 7.58. The summed E-state index contributed by atoms with van der Waals surface area (Å²) in [6.45, 7) is 3.03. The number of aromatic nitrogens is 1. The molecule has 0 aliphatic heterocycles. The number of methoxy groups -OCH3 is 1. The van der Waals surface area contributed by atoms with E-state index in [0.29, 0.717) is 40.5 Å². The summed E-state index contributed by atoms with van der Waals surface area (Å²) in [5.74, 6) is -0.839. The van der Waals surface area contributed by atoms with E-state index in [2.05, 4.69) is 4.99 Å². The molecule has 0 atom stereocenters. The highest BCUT2D eigenvalue weighted by Crippen LogP contribution is 2.21. The van der Waals surface area contributed by atoms with Gasteiger partial charge in [-0.05, 0) is 43.3 Å². The molecule has 0 aliphatic rings. The van der Waals surface area contributed by atoms with Crippen molar-refractivity contribution in [3.63, 3.8) is 0 Å². The van der Waals surface area contributed by atoms with E-state index in [-0.39, 0.29) is 17.1 Å². The zero-order valence-corrected chi connectivity index (χ0v) is 18.8. The average Bonchev–Trinajstić information content (AvgIpc) is 3.11. The molecule has 10 heteroatoms. The molecule has 3 aromatic rings. The molecular weight excluding hydrogens is 443 g/mol. The summed E-state index contributed by atoms with van der Waals surface area (Å²) < 4.78 is 52.0. The minimum atomic E-state index is -3.65. The lowest BCUT2D eigenvalue weighted by molar-refractivity contribution is -0.117. The molecule has 7 nitrogen and oxygen atoms in total. The van der Waals surface area contributed by atoms with Gasteiger partial charge in [0.2, 0.25) is 5.91 Å². The molecule has 31 heavy (non-hydrogen) atoms. The SMILES string of the molecule is CCOCCn1c(=NC(=O)CCS(=O)(=O)c2ccc(OC)cc2)sc2cccc(F)c21. The number of thiazole rings is 1. The lowest BCUT2D eigenvalue weighted by Crippen LogP contribution is -2.21. The van der Waals surface area contributed by atoms with Crippen LogP contribution in [0.4, 0.5) is 4.39 Å². The van der Waals surface area contributed by atoms with Gasteiger partial charge in [0.15, 0.2) is 14.6 Å². The molecule has 0 saturated heterocycles.